The summed E-state index contributed by atoms with van der Waals surface area (Å²) in [6.45, 7) is 2.16. The minimum absolute atomic E-state index is 0.00822. The predicted molar refractivity (Wildman–Crippen MR) is 123 cm³/mol. The van der Waals surface area contributed by atoms with Crippen LogP contribution in [0.1, 0.15) is 24.0 Å². The maximum Gasteiger partial charge on any atom is 0.407 e. The van der Waals surface area contributed by atoms with E-state index in [-0.39, 0.29) is 19.1 Å². The first-order chi connectivity index (χ1) is 15.6. The Hall–Kier alpha value is -3.64. The number of nitrogens with zero attached hydrogens (tertiary/aromatic N) is 2. The average Bonchev–Trinajstić information content (AvgIpc) is 3.37. The number of nitrogens with one attached hydrogen (secondary N) is 1. The monoisotopic (exact) mass is 427 g/mol. The molecule has 162 valence electrons. The molecule has 1 unspecified atom stereocenters. The lowest BCUT2D eigenvalue weighted by molar-refractivity contribution is 0.108. The number of aliphatic hydroxyl groups excluding tert-OH is 1. The molecule has 1 atom stereocenters. The van der Waals surface area contributed by atoms with E-state index < -0.39 is 11.6 Å². The number of benzene rings is 3. The molecule has 2 N–H and O–H groups in total. The smallest absolute Gasteiger partial charge is 0.407 e. The van der Waals surface area contributed by atoms with E-state index in [2.05, 4.69) is 34.6 Å². The Morgan fingerprint density at radius 3 is 2.34 bits per heavy atom. The van der Waals surface area contributed by atoms with Gasteiger partial charge in [0.15, 0.2) is 0 Å². The van der Waals surface area contributed by atoms with E-state index in [0.717, 1.165) is 22.2 Å². The number of fused-ring (bicyclic) bond motifs is 4. The van der Waals surface area contributed by atoms with Gasteiger partial charge >= 0.3 is 6.09 Å². The quantitative estimate of drug-likeness (QED) is 0.480. The van der Waals surface area contributed by atoms with Crippen LogP contribution in [0, 0.1) is 0 Å². The molecule has 0 bridgehead atoms. The molecule has 1 heterocycles. The summed E-state index contributed by atoms with van der Waals surface area (Å²) < 4.78 is 7.58. The van der Waals surface area contributed by atoms with Gasteiger partial charge in [-0.1, -0.05) is 60.7 Å². The van der Waals surface area contributed by atoms with Crippen LogP contribution in [0.2, 0.25) is 0 Å². The molecular formula is C26H25N3O3. The third-order valence-corrected chi connectivity index (χ3v) is 6.14. The van der Waals surface area contributed by atoms with Crippen molar-refractivity contribution in [1.82, 2.24) is 14.9 Å². The van der Waals surface area contributed by atoms with Gasteiger partial charge in [-0.3, -0.25) is 0 Å². The molecule has 6 nitrogen and oxygen atoms in total. The molecule has 6 heteroatoms. The molecule has 3 aromatic carbocycles. The van der Waals surface area contributed by atoms with E-state index in [9.17, 15) is 9.90 Å². The number of rotatable bonds is 6. The average molecular weight is 428 g/mol. The molecule has 0 saturated heterocycles. The summed E-state index contributed by atoms with van der Waals surface area (Å²) in [5.74, 6) is -0.00822. The van der Waals surface area contributed by atoms with Crippen LogP contribution in [-0.4, -0.2) is 39.5 Å². The first kappa shape index (κ1) is 20.3. The Balaban J connectivity index is 1.29. The topological polar surface area (TPSA) is 76.4 Å². The number of ether oxygens (including phenoxy) is 1. The summed E-state index contributed by atoms with van der Waals surface area (Å²) in [6, 6.07) is 24.2. The second kappa shape index (κ2) is 8.13. The van der Waals surface area contributed by atoms with Crippen molar-refractivity contribution in [1.29, 1.82) is 0 Å². The summed E-state index contributed by atoms with van der Waals surface area (Å²) in [4.78, 5) is 17.1. The number of amides is 1. The molecule has 0 fully saturated rings. The molecule has 1 aliphatic carbocycles. The van der Waals surface area contributed by atoms with Crippen LogP contribution in [0.15, 0.2) is 79.1 Å². The predicted octanol–water partition coefficient (Wildman–Crippen LogP) is 4.33. The highest BCUT2D eigenvalue weighted by Gasteiger charge is 2.31. The van der Waals surface area contributed by atoms with E-state index in [1.807, 2.05) is 53.1 Å². The number of hydrogen-bond donors (Lipinski definition) is 2. The van der Waals surface area contributed by atoms with Gasteiger partial charge in [0, 0.05) is 12.5 Å². The molecular weight excluding hydrogens is 402 g/mol. The molecule has 1 aliphatic rings. The van der Waals surface area contributed by atoms with Crippen LogP contribution in [0.25, 0.3) is 22.2 Å². The third-order valence-electron chi connectivity index (χ3n) is 6.14. The van der Waals surface area contributed by atoms with Crippen LogP contribution >= 0.6 is 0 Å². The third kappa shape index (κ3) is 3.63. The van der Waals surface area contributed by atoms with Crippen molar-refractivity contribution in [2.45, 2.75) is 24.9 Å². The molecule has 0 aliphatic heterocycles. The Labute approximate surface area is 186 Å². The fourth-order valence-electron chi connectivity index (χ4n) is 4.52. The number of carbonyl (C=O) groups excluding carboxylic acids is 1. The standard InChI is InChI=1S/C26H25N3O3/c1-26(16-30,15-29-17-27-23-12-6-7-13-24(23)29)28-25(31)32-14-22-20-10-4-2-8-18(20)19-9-3-5-11-21(19)22/h2-13,17,22,30H,14-16H2,1H3,(H,28,31). The van der Waals surface area contributed by atoms with Crippen molar-refractivity contribution in [2.24, 2.45) is 0 Å². The second-order valence-corrected chi connectivity index (χ2v) is 8.53. The zero-order valence-electron chi connectivity index (χ0n) is 17.9. The van der Waals surface area contributed by atoms with Gasteiger partial charge in [0.2, 0.25) is 0 Å². The first-order valence-corrected chi connectivity index (χ1v) is 10.7. The number of alkyl carbamates (subject to hydrolysis) is 1. The van der Waals surface area contributed by atoms with Crippen LogP contribution in [-0.2, 0) is 11.3 Å². The Morgan fingerprint density at radius 1 is 1.03 bits per heavy atom. The van der Waals surface area contributed by atoms with Gasteiger partial charge in [0.05, 0.1) is 29.5 Å². The summed E-state index contributed by atoms with van der Waals surface area (Å²) in [5.41, 5.74) is 5.61. The van der Waals surface area contributed by atoms with E-state index in [1.165, 1.54) is 11.1 Å². The zero-order chi connectivity index (χ0) is 22.1. The van der Waals surface area contributed by atoms with E-state index in [0.29, 0.717) is 6.54 Å². The highest BCUT2D eigenvalue weighted by Crippen LogP contribution is 2.44. The number of para-hydroxylation sites is 2. The summed E-state index contributed by atoms with van der Waals surface area (Å²) in [5, 5.41) is 12.9. The van der Waals surface area contributed by atoms with E-state index >= 15 is 0 Å². The van der Waals surface area contributed by atoms with Gasteiger partial charge in [0.25, 0.3) is 0 Å². The molecule has 0 saturated carbocycles. The van der Waals surface area contributed by atoms with Crippen LogP contribution in [0.4, 0.5) is 4.79 Å². The van der Waals surface area contributed by atoms with Crippen molar-refractivity contribution in [2.75, 3.05) is 13.2 Å². The van der Waals surface area contributed by atoms with Crippen LogP contribution in [0.3, 0.4) is 0 Å². The highest BCUT2D eigenvalue weighted by atomic mass is 16.5. The number of aliphatic hydroxyl groups is 1. The second-order valence-electron chi connectivity index (χ2n) is 8.53. The molecule has 0 radical (unpaired) electrons. The number of hydrogen-bond acceptors (Lipinski definition) is 4. The molecule has 32 heavy (non-hydrogen) atoms. The SMILES string of the molecule is CC(CO)(Cn1cnc2ccccc21)NC(=O)OCC1c2ccccc2-c2ccccc21. The lowest BCUT2D eigenvalue weighted by Gasteiger charge is -2.29. The fraction of sp³-hybridized carbons (Fsp3) is 0.231. The Morgan fingerprint density at radius 2 is 1.66 bits per heavy atom. The molecule has 1 aromatic heterocycles. The molecule has 1 amide bonds. The van der Waals surface area contributed by atoms with Crippen LogP contribution < -0.4 is 5.32 Å². The Kier molecular flexibility index (Phi) is 5.15. The van der Waals surface area contributed by atoms with Gasteiger partial charge in [-0.2, -0.15) is 0 Å². The lowest BCUT2D eigenvalue weighted by atomic mass is 9.98. The highest BCUT2D eigenvalue weighted by molar-refractivity contribution is 5.79. The van der Waals surface area contributed by atoms with Gasteiger partial charge < -0.3 is 19.7 Å². The van der Waals surface area contributed by atoms with Gasteiger partial charge in [0.1, 0.15) is 6.61 Å². The van der Waals surface area contributed by atoms with Gasteiger partial charge in [-0.15, -0.1) is 0 Å². The number of imidazole rings is 1. The minimum Gasteiger partial charge on any atom is -0.449 e. The molecule has 4 aromatic rings. The molecule has 5 rings (SSSR count). The van der Waals surface area contributed by atoms with E-state index in [4.69, 9.17) is 4.74 Å². The normalized spacial score (nSPS) is 14.6. The first-order valence-electron chi connectivity index (χ1n) is 10.7. The molecule has 0 spiro atoms. The van der Waals surface area contributed by atoms with Crippen molar-refractivity contribution < 1.29 is 14.6 Å². The van der Waals surface area contributed by atoms with E-state index in [1.54, 1.807) is 13.3 Å². The number of aromatic nitrogens is 2. The van der Waals surface area contributed by atoms with Crippen molar-refractivity contribution in [3.8, 4) is 11.1 Å². The maximum atomic E-state index is 12.7. The Bertz CT molecular complexity index is 1240. The fourth-order valence-corrected chi connectivity index (χ4v) is 4.52. The lowest BCUT2D eigenvalue weighted by Crippen LogP contribution is -2.52. The van der Waals surface area contributed by atoms with Crippen LogP contribution in [0.5, 0.6) is 0 Å². The van der Waals surface area contributed by atoms with Crippen molar-refractivity contribution in [3.05, 3.63) is 90.3 Å². The largest absolute Gasteiger partial charge is 0.449 e. The maximum absolute atomic E-state index is 12.7. The van der Waals surface area contributed by atoms with Gasteiger partial charge in [-0.05, 0) is 41.3 Å². The summed E-state index contributed by atoms with van der Waals surface area (Å²) >= 11 is 0. The number of carbonyl (C=O) groups is 1. The minimum atomic E-state index is -0.897. The van der Waals surface area contributed by atoms with Crippen molar-refractivity contribution >= 4 is 17.1 Å². The summed E-state index contributed by atoms with van der Waals surface area (Å²) in [7, 11) is 0. The zero-order valence-corrected chi connectivity index (χ0v) is 17.9. The van der Waals surface area contributed by atoms with Crippen molar-refractivity contribution in [3.63, 3.8) is 0 Å². The summed E-state index contributed by atoms with van der Waals surface area (Å²) in [6.07, 6.45) is 1.17. The van der Waals surface area contributed by atoms with Gasteiger partial charge in [-0.25, -0.2) is 9.78 Å².